The fourth-order valence-electron chi connectivity index (χ4n) is 2.19. The van der Waals surface area contributed by atoms with Gasteiger partial charge in [0, 0.05) is 0 Å². The molecule has 0 atom stereocenters. The fraction of sp³-hybridized carbons (Fsp3) is 0.214. The first-order valence-electron chi connectivity index (χ1n) is 6.81. The predicted octanol–water partition coefficient (Wildman–Crippen LogP) is 1.53. The van der Waals surface area contributed by atoms with Gasteiger partial charge < -0.3 is 14.2 Å². The lowest BCUT2D eigenvalue weighted by Gasteiger charge is -2.09. The number of imide groups is 1. The first-order chi connectivity index (χ1) is 11.9. The number of benzene rings is 1. The molecule has 3 rings (SSSR count). The highest BCUT2D eigenvalue weighted by atomic mass is 32.2. The second-order valence-electron chi connectivity index (χ2n) is 4.87. The van der Waals surface area contributed by atoms with Crippen molar-refractivity contribution in [1.82, 2.24) is 4.90 Å². The second kappa shape index (κ2) is 6.43. The maximum atomic E-state index is 12.3. The largest absolute Gasteiger partial charge is 0.468 e. The van der Waals surface area contributed by atoms with Crippen molar-refractivity contribution < 1.29 is 33.5 Å². The van der Waals surface area contributed by atoms with Crippen LogP contribution in [0.5, 0.6) is 11.5 Å². The zero-order valence-electron chi connectivity index (χ0n) is 12.7. The monoisotopic (exact) mass is 366 g/mol. The van der Waals surface area contributed by atoms with Gasteiger partial charge in [0.25, 0.3) is 16.8 Å². The average molecular weight is 366 g/mol. The molecule has 2 aliphatic rings. The summed E-state index contributed by atoms with van der Waals surface area (Å²) in [7, 11) is 1.13. The summed E-state index contributed by atoms with van der Waals surface area (Å²) in [6.45, 7) is -0.590. The Bertz CT molecular complexity index is 834. The van der Waals surface area contributed by atoms with Crippen LogP contribution in [0.2, 0.25) is 0 Å². The minimum absolute atomic E-state index is 0.0455. The number of carbonyl (C=O) groups is 3. The predicted molar refractivity (Wildman–Crippen MR) is 83.9 cm³/mol. The second-order valence-corrected chi connectivity index (χ2v) is 5.86. The quantitative estimate of drug-likeness (QED) is 0.337. The van der Waals surface area contributed by atoms with Crippen LogP contribution in [0.15, 0.2) is 17.0 Å². The van der Waals surface area contributed by atoms with Crippen LogP contribution < -0.4 is 9.47 Å². The van der Waals surface area contributed by atoms with Crippen LogP contribution in [-0.2, 0) is 14.3 Å². The van der Waals surface area contributed by atoms with Crippen molar-refractivity contribution >= 4 is 40.6 Å². The van der Waals surface area contributed by atoms with Gasteiger partial charge in [-0.15, -0.1) is 0 Å². The summed E-state index contributed by atoms with van der Waals surface area (Å²) in [4.78, 5) is 46.7. The molecule has 0 N–H and O–H groups in total. The van der Waals surface area contributed by atoms with E-state index in [4.69, 9.17) is 9.47 Å². The van der Waals surface area contributed by atoms with Crippen LogP contribution in [0.25, 0.3) is 6.08 Å². The zero-order valence-corrected chi connectivity index (χ0v) is 13.5. The Balaban J connectivity index is 1.96. The third kappa shape index (κ3) is 3.13. The molecule has 1 saturated heterocycles. The Morgan fingerprint density at radius 2 is 2.08 bits per heavy atom. The fourth-order valence-corrected chi connectivity index (χ4v) is 3.02. The molecule has 2 amide bonds. The maximum absolute atomic E-state index is 12.3. The van der Waals surface area contributed by atoms with Crippen molar-refractivity contribution in [2.45, 2.75) is 0 Å². The van der Waals surface area contributed by atoms with Gasteiger partial charge in [-0.05, 0) is 23.9 Å². The lowest BCUT2D eigenvalue weighted by molar-refractivity contribution is -0.385. The molecule has 1 aromatic rings. The summed E-state index contributed by atoms with van der Waals surface area (Å²) in [6, 6.07) is 2.54. The van der Waals surface area contributed by atoms with Gasteiger partial charge in [0.1, 0.15) is 6.54 Å². The van der Waals surface area contributed by atoms with E-state index < -0.39 is 28.6 Å². The number of rotatable bonds is 4. The minimum Gasteiger partial charge on any atom is -0.468 e. The van der Waals surface area contributed by atoms with E-state index in [9.17, 15) is 24.5 Å². The van der Waals surface area contributed by atoms with Gasteiger partial charge in [-0.2, -0.15) is 0 Å². The summed E-state index contributed by atoms with van der Waals surface area (Å²) in [6.07, 6.45) is 1.21. The number of hydrogen-bond donors (Lipinski definition) is 0. The Hall–Kier alpha value is -3.08. The van der Waals surface area contributed by atoms with Gasteiger partial charge in [0.05, 0.1) is 28.6 Å². The molecule has 1 aromatic carbocycles. The first-order valence-corrected chi connectivity index (χ1v) is 7.62. The van der Waals surface area contributed by atoms with Gasteiger partial charge in [-0.25, -0.2) is 0 Å². The van der Waals surface area contributed by atoms with Crippen molar-refractivity contribution in [1.29, 1.82) is 0 Å². The smallest absolute Gasteiger partial charge is 0.325 e. The molecular formula is C14H10N2O8S. The molecule has 0 saturated carbocycles. The Morgan fingerprint density at radius 1 is 1.40 bits per heavy atom. The number of ether oxygens (including phenoxy) is 3. The number of carbonyl (C=O) groups excluding carboxylic acids is 3. The number of hydrogen-bond acceptors (Lipinski definition) is 9. The van der Waals surface area contributed by atoms with E-state index in [0.717, 1.165) is 7.11 Å². The van der Waals surface area contributed by atoms with E-state index >= 15 is 0 Å². The zero-order chi connectivity index (χ0) is 18.1. The number of methoxy groups -OCH3 is 1. The number of fused-ring (bicyclic) bond motifs is 1. The van der Waals surface area contributed by atoms with E-state index in [0.29, 0.717) is 22.4 Å². The van der Waals surface area contributed by atoms with Crippen molar-refractivity contribution in [2.75, 3.05) is 20.4 Å². The molecule has 2 aliphatic heterocycles. The molecule has 11 heteroatoms. The van der Waals surface area contributed by atoms with Crippen molar-refractivity contribution in [3.05, 3.63) is 32.7 Å². The average Bonchev–Trinajstić information content (AvgIpc) is 3.13. The Labute approximate surface area is 144 Å². The number of nitro groups is 1. The molecule has 0 aromatic heterocycles. The van der Waals surface area contributed by atoms with Gasteiger partial charge in [0.2, 0.25) is 6.79 Å². The van der Waals surface area contributed by atoms with Gasteiger partial charge >= 0.3 is 5.97 Å². The van der Waals surface area contributed by atoms with Crippen LogP contribution in [0.1, 0.15) is 5.56 Å². The van der Waals surface area contributed by atoms with Crippen LogP contribution in [-0.4, -0.2) is 47.4 Å². The molecule has 0 aliphatic carbocycles. The summed E-state index contributed by atoms with van der Waals surface area (Å²) in [5.41, 5.74) is -0.221. The third-order valence-electron chi connectivity index (χ3n) is 3.39. The Morgan fingerprint density at radius 3 is 2.72 bits per heavy atom. The molecule has 0 bridgehead atoms. The molecule has 0 spiro atoms. The maximum Gasteiger partial charge on any atom is 0.325 e. The number of esters is 1. The first kappa shape index (κ1) is 16.8. The Kier molecular flexibility index (Phi) is 4.31. The molecular weight excluding hydrogens is 356 g/mol. The number of nitro benzene ring substituents is 1. The SMILES string of the molecule is COC(=O)CN1C(=O)S/C(=C/c2cc3c(cc2[N+](=O)[O-])OCO3)C1=O. The third-order valence-corrected chi connectivity index (χ3v) is 4.30. The highest BCUT2D eigenvalue weighted by molar-refractivity contribution is 8.18. The van der Waals surface area contributed by atoms with E-state index in [2.05, 4.69) is 4.74 Å². The van der Waals surface area contributed by atoms with Crippen molar-refractivity contribution in [2.24, 2.45) is 0 Å². The minimum atomic E-state index is -0.752. The highest BCUT2D eigenvalue weighted by Crippen LogP contribution is 2.40. The summed E-state index contributed by atoms with van der Waals surface area (Å²) < 4.78 is 14.7. The van der Waals surface area contributed by atoms with Crippen LogP contribution in [0.4, 0.5) is 10.5 Å². The number of thioether (sulfide) groups is 1. The van der Waals surface area contributed by atoms with Crippen molar-refractivity contribution in [3.63, 3.8) is 0 Å². The standard InChI is InChI=1S/C14H10N2O8S/c1-22-12(17)5-15-13(18)11(25-14(15)19)3-7-2-9-10(24-6-23-9)4-8(7)16(20)21/h2-4H,5-6H2,1H3/b11-3+. The normalized spacial score (nSPS) is 17.3. The lowest BCUT2D eigenvalue weighted by Crippen LogP contribution is -2.34. The van der Waals surface area contributed by atoms with Gasteiger partial charge in [-0.1, -0.05) is 0 Å². The lowest BCUT2D eigenvalue weighted by atomic mass is 10.1. The molecule has 10 nitrogen and oxygen atoms in total. The molecule has 25 heavy (non-hydrogen) atoms. The van der Waals surface area contributed by atoms with Gasteiger partial charge in [-0.3, -0.25) is 29.4 Å². The molecule has 1 fully saturated rings. The van der Waals surface area contributed by atoms with Crippen LogP contribution >= 0.6 is 11.8 Å². The highest BCUT2D eigenvalue weighted by Gasteiger charge is 2.37. The number of nitrogens with zero attached hydrogens (tertiary/aromatic N) is 2. The van der Waals surface area contributed by atoms with E-state index in [1.54, 1.807) is 0 Å². The van der Waals surface area contributed by atoms with E-state index in [1.807, 2.05) is 0 Å². The van der Waals surface area contributed by atoms with Crippen LogP contribution in [0.3, 0.4) is 0 Å². The number of amides is 2. The van der Waals surface area contributed by atoms with Crippen molar-refractivity contribution in [3.8, 4) is 11.5 Å². The molecule has 2 heterocycles. The molecule has 0 unspecified atom stereocenters. The van der Waals surface area contributed by atoms with Crippen LogP contribution in [0, 0.1) is 10.1 Å². The summed E-state index contributed by atoms with van der Waals surface area (Å²) in [5, 5.41) is 10.6. The summed E-state index contributed by atoms with van der Waals surface area (Å²) >= 11 is 0.579. The van der Waals surface area contributed by atoms with E-state index in [-0.39, 0.29) is 28.7 Å². The molecule has 0 radical (unpaired) electrons. The van der Waals surface area contributed by atoms with Gasteiger partial charge in [0.15, 0.2) is 11.5 Å². The van der Waals surface area contributed by atoms with E-state index in [1.165, 1.54) is 18.2 Å². The molecule has 130 valence electrons. The summed E-state index contributed by atoms with van der Waals surface area (Å²) in [5.74, 6) is -0.960. The topological polar surface area (TPSA) is 125 Å².